The lowest BCUT2D eigenvalue weighted by Crippen LogP contribution is -2.32. The first-order chi connectivity index (χ1) is 15.7. The third-order valence-electron chi connectivity index (χ3n) is 4.76. The van der Waals surface area contributed by atoms with Crippen LogP contribution in [0.2, 0.25) is 0 Å². The summed E-state index contributed by atoms with van der Waals surface area (Å²) in [6, 6.07) is 24.0. The van der Waals surface area contributed by atoms with Crippen LogP contribution in [0.1, 0.15) is 21.0 Å². The van der Waals surface area contributed by atoms with Crippen molar-refractivity contribution in [1.82, 2.24) is 4.90 Å². The zero-order valence-corrected chi connectivity index (χ0v) is 18.2. The summed E-state index contributed by atoms with van der Waals surface area (Å²) in [5.41, 5.74) is 1.57. The summed E-state index contributed by atoms with van der Waals surface area (Å²) in [5, 5.41) is 7.77. The fraction of sp³-hybridized carbons (Fsp3) is 0.120. The molecule has 2 aromatic carbocycles. The van der Waals surface area contributed by atoms with E-state index in [9.17, 15) is 9.59 Å². The fourth-order valence-electron chi connectivity index (χ4n) is 3.32. The maximum atomic E-state index is 12.9. The summed E-state index contributed by atoms with van der Waals surface area (Å²) in [7, 11) is 0. The van der Waals surface area contributed by atoms with E-state index in [-0.39, 0.29) is 18.4 Å². The molecule has 0 spiro atoms. The van der Waals surface area contributed by atoms with Gasteiger partial charge in [0.05, 0.1) is 30.6 Å². The Morgan fingerprint density at radius 3 is 2.41 bits per heavy atom. The first-order valence-electron chi connectivity index (χ1n) is 10.2. The number of carbonyl (C=O) groups is 2. The molecule has 0 radical (unpaired) electrons. The number of thiophene rings is 1. The van der Waals surface area contributed by atoms with Gasteiger partial charge in [-0.3, -0.25) is 14.5 Å². The van der Waals surface area contributed by atoms with Crippen LogP contribution in [-0.4, -0.2) is 23.3 Å². The molecule has 32 heavy (non-hydrogen) atoms. The highest BCUT2D eigenvalue weighted by Gasteiger charge is 2.17. The third kappa shape index (κ3) is 5.94. The van der Waals surface area contributed by atoms with Gasteiger partial charge in [0.1, 0.15) is 5.76 Å². The molecule has 7 heteroatoms. The minimum Gasteiger partial charge on any atom is -0.468 e. The molecule has 2 heterocycles. The van der Waals surface area contributed by atoms with Gasteiger partial charge in [0.15, 0.2) is 0 Å². The predicted molar refractivity (Wildman–Crippen MR) is 127 cm³/mol. The Hall–Kier alpha value is -3.68. The Morgan fingerprint density at radius 1 is 0.844 bits per heavy atom. The molecule has 0 saturated heterocycles. The monoisotopic (exact) mass is 445 g/mol. The number of hydrogen-bond donors (Lipinski definition) is 2. The van der Waals surface area contributed by atoms with Crippen LogP contribution in [0, 0.1) is 0 Å². The standard InChI is InChI=1S/C25H23N3O3S/c29-24(18-28(16-20-10-6-14-31-20)17-21-11-7-15-32-21)27-23-13-5-4-12-22(23)25(30)26-19-8-2-1-3-9-19/h1-15H,16-18H2,(H,26,30)(H,27,29). The zero-order valence-electron chi connectivity index (χ0n) is 17.4. The average Bonchev–Trinajstić information content (AvgIpc) is 3.49. The lowest BCUT2D eigenvalue weighted by molar-refractivity contribution is -0.117. The molecule has 0 aliphatic carbocycles. The van der Waals surface area contributed by atoms with E-state index in [1.165, 1.54) is 0 Å². The van der Waals surface area contributed by atoms with Crippen molar-refractivity contribution in [3.63, 3.8) is 0 Å². The maximum absolute atomic E-state index is 12.9. The molecule has 0 bridgehead atoms. The Labute approximate surface area is 190 Å². The highest BCUT2D eigenvalue weighted by Crippen LogP contribution is 2.19. The number of furan rings is 1. The van der Waals surface area contributed by atoms with Crippen molar-refractivity contribution < 1.29 is 14.0 Å². The van der Waals surface area contributed by atoms with Gasteiger partial charge in [0.2, 0.25) is 5.91 Å². The number of nitrogens with one attached hydrogen (secondary N) is 2. The van der Waals surface area contributed by atoms with Gasteiger partial charge in [-0.25, -0.2) is 0 Å². The largest absolute Gasteiger partial charge is 0.468 e. The molecule has 4 rings (SSSR count). The molecule has 0 atom stereocenters. The summed E-state index contributed by atoms with van der Waals surface area (Å²) in [6.45, 7) is 1.30. The molecule has 2 amide bonds. The minimum atomic E-state index is -0.280. The second-order valence-electron chi connectivity index (χ2n) is 7.22. The third-order valence-corrected chi connectivity index (χ3v) is 5.62. The average molecular weight is 446 g/mol. The van der Waals surface area contributed by atoms with E-state index in [0.29, 0.717) is 30.0 Å². The van der Waals surface area contributed by atoms with Crippen LogP contribution in [0.5, 0.6) is 0 Å². The van der Waals surface area contributed by atoms with Gasteiger partial charge in [-0.05, 0) is 47.8 Å². The summed E-state index contributed by atoms with van der Waals surface area (Å²) in [5.74, 6) is 0.309. The number of para-hydroxylation sites is 2. The van der Waals surface area contributed by atoms with Crippen LogP contribution >= 0.6 is 11.3 Å². The second kappa shape index (κ2) is 10.6. The summed E-state index contributed by atoms with van der Waals surface area (Å²) < 4.78 is 5.47. The van der Waals surface area contributed by atoms with Gasteiger partial charge in [0.25, 0.3) is 5.91 Å². The highest BCUT2D eigenvalue weighted by molar-refractivity contribution is 7.09. The van der Waals surface area contributed by atoms with Crippen molar-refractivity contribution in [3.8, 4) is 0 Å². The van der Waals surface area contributed by atoms with Crippen LogP contribution in [0.25, 0.3) is 0 Å². The smallest absolute Gasteiger partial charge is 0.257 e. The van der Waals surface area contributed by atoms with Crippen molar-refractivity contribution in [2.75, 3.05) is 17.2 Å². The number of hydrogen-bond acceptors (Lipinski definition) is 5. The number of rotatable bonds is 9. The van der Waals surface area contributed by atoms with Gasteiger partial charge in [-0.1, -0.05) is 36.4 Å². The van der Waals surface area contributed by atoms with Crippen molar-refractivity contribution in [2.45, 2.75) is 13.1 Å². The Bertz CT molecular complexity index is 1110. The lowest BCUT2D eigenvalue weighted by atomic mass is 10.1. The summed E-state index contributed by atoms with van der Waals surface area (Å²) in [4.78, 5) is 28.8. The quantitative estimate of drug-likeness (QED) is 0.370. The number of anilines is 2. The molecule has 2 N–H and O–H groups in total. The van der Waals surface area contributed by atoms with E-state index in [2.05, 4.69) is 10.6 Å². The number of amides is 2. The Kier molecular flexibility index (Phi) is 7.12. The van der Waals surface area contributed by atoms with Crippen molar-refractivity contribution in [2.24, 2.45) is 0 Å². The second-order valence-corrected chi connectivity index (χ2v) is 8.25. The van der Waals surface area contributed by atoms with E-state index >= 15 is 0 Å². The molecule has 0 fully saturated rings. The number of nitrogens with zero attached hydrogens (tertiary/aromatic N) is 1. The Balaban J connectivity index is 1.44. The van der Waals surface area contributed by atoms with E-state index < -0.39 is 0 Å². The molecule has 2 aromatic heterocycles. The number of carbonyl (C=O) groups excluding carboxylic acids is 2. The van der Waals surface area contributed by atoms with Crippen LogP contribution < -0.4 is 10.6 Å². The first-order valence-corrected chi connectivity index (χ1v) is 11.1. The molecule has 0 unspecified atom stereocenters. The number of benzene rings is 2. The van der Waals surface area contributed by atoms with E-state index in [4.69, 9.17) is 4.42 Å². The van der Waals surface area contributed by atoms with Gasteiger partial charge < -0.3 is 15.1 Å². The first kappa shape index (κ1) is 21.5. The SMILES string of the molecule is O=C(CN(Cc1ccco1)Cc1cccs1)Nc1ccccc1C(=O)Nc1ccccc1. The lowest BCUT2D eigenvalue weighted by Gasteiger charge is -2.20. The summed E-state index contributed by atoms with van der Waals surface area (Å²) >= 11 is 1.65. The van der Waals surface area contributed by atoms with Gasteiger partial charge in [0, 0.05) is 17.1 Å². The van der Waals surface area contributed by atoms with E-state index in [0.717, 1.165) is 10.6 Å². The van der Waals surface area contributed by atoms with E-state index in [1.807, 2.05) is 64.9 Å². The molecule has 0 saturated carbocycles. The van der Waals surface area contributed by atoms with E-state index in [1.54, 1.807) is 41.9 Å². The van der Waals surface area contributed by atoms with Gasteiger partial charge >= 0.3 is 0 Å². The summed E-state index contributed by atoms with van der Waals surface area (Å²) in [6.07, 6.45) is 1.63. The van der Waals surface area contributed by atoms with Crippen LogP contribution in [-0.2, 0) is 17.9 Å². The molecule has 6 nitrogen and oxygen atoms in total. The van der Waals surface area contributed by atoms with Gasteiger partial charge in [-0.2, -0.15) is 0 Å². The fourth-order valence-corrected chi connectivity index (χ4v) is 4.06. The highest BCUT2D eigenvalue weighted by atomic mass is 32.1. The molecule has 0 aliphatic heterocycles. The molecule has 4 aromatic rings. The van der Waals surface area contributed by atoms with Gasteiger partial charge in [-0.15, -0.1) is 11.3 Å². The van der Waals surface area contributed by atoms with Crippen LogP contribution in [0.15, 0.2) is 94.9 Å². The van der Waals surface area contributed by atoms with Crippen molar-refractivity contribution >= 4 is 34.5 Å². The maximum Gasteiger partial charge on any atom is 0.257 e. The predicted octanol–water partition coefficient (Wildman–Crippen LogP) is 5.23. The van der Waals surface area contributed by atoms with Crippen molar-refractivity contribution in [3.05, 3.63) is 107 Å². The molecule has 0 aliphatic rings. The van der Waals surface area contributed by atoms with Crippen molar-refractivity contribution in [1.29, 1.82) is 0 Å². The molecule has 162 valence electrons. The van der Waals surface area contributed by atoms with Crippen LogP contribution in [0.4, 0.5) is 11.4 Å². The Morgan fingerprint density at radius 2 is 1.66 bits per heavy atom. The topological polar surface area (TPSA) is 74.6 Å². The molecular formula is C25H23N3O3S. The molecular weight excluding hydrogens is 422 g/mol. The van der Waals surface area contributed by atoms with Crippen LogP contribution in [0.3, 0.4) is 0 Å². The zero-order chi connectivity index (χ0) is 22.2. The normalized spacial score (nSPS) is 10.8. The minimum absolute atomic E-state index is 0.160.